The first kappa shape index (κ1) is 15.6. The zero-order valence-electron chi connectivity index (χ0n) is 9.28. The Hall–Kier alpha value is -1.42. The summed E-state index contributed by atoms with van der Waals surface area (Å²) < 4.78 is 99.9. The summed E-state index contributed by atoms with van der Waals surface area (Å²) in [6.45, 7) is 0.930. The van der Waals surface area contributed by atoms with E-state index in [0.29, 0.717) is 0 Å². The van der Waals surface area contributed by atoms with E-state index in [1.165, 1.54) is 6.92 Å². The van der Waals surface area contributed by atoms with Crippen LogP contribution in [-0.4, -0.2) is 21.2 Å². The molecule has 0 amide bonds. The third-order valence-corrected chi connectivity index (χ3v) is 2.09. The van der Waals surface area contributed by atoms with Crippen molar-refractivity contribution in [2.75, 3.05) is 0 Å². The van der Waals surface area contributed by atoms with Crippen LogP contribution in [-0.2, 0) is 18.6 Å². The summed E-state index contributed by atoms with van der Waals surface area (Å²) in [5, 5.41) is 5.08. The largest absolute Gasteiger partial charge is 0.459 e. The molecule has 11 heteroatoms. The Kier molecular flexibility index (Phi) is 3.79. The summed E-state index contributed by atoms with van der Waals surface area (Å²) in [7, 11) is 0. The van der Waals surface area contributed by atoms with Crippen LogP contribution in [0.1, 0.15) is 24.7 Å². The first-order valence-electron chi connectivity index (χ1n) is 4.88. The van der Waals surface area contributed by atoms with Crippen molar-refractivity contribution >= 4 is 0 Å². The van der Waals surface area contributed by atoms with Crippen molar-refractivity contribution in [1.29, 1.82) is 0 Å². The second-order valence-electron chi connectivity index (χ2n) is 3.58. The lowest BCUT2D eigenvalue weighted by Crippen LogP contribution is -2.36. The standard InChI is InChI=1S/C8H7F8N3/c1-2-3-19-5(7(11,12)13)4(17-18-19)6(9,10)8(14,15)16/h2-3H2,1H3. The molecule has 1 aromatic rings. The van der Waals surface area contributed by atoms with Crippen molar-refractivity contribution in [1.82, 2.24) is 15.0 Å². The Morgan fingerprint density at radius 3 is 1.89 bits per heavy atom. The van der Waals surface area contributed by atoms with E-state index >= 15 is 0 Å². The Morgan fingerprint density at radius 1 is 1.00 bits per heavy atom. The second-order valence-corrected chi connectivity index (χ2v) is 3.58. The van der Waals surface area contributed by atoms with Gasteiger partial charge in [0, 0.05) is 6.54 Å². The minimum Gasteiger partial charge on any atom is -0.240 e. The third-order valence-electron chi connectivity index (χ3n) is 2.09. The van der Waals surface area contributed by atoms with Gasteiger partial charge >= 0.3 is 18.3 Å². The smallest absolute Gasteiger partial charge is 0.240 e. The normalized spacial score (nSPS) is 13.9. The Labute approximate surface area is 101 Å². The molecule has 0 fully saturated rings. The Balaban J connectivity index is 3.46. The first-order chi connectivity index (χ1) is 8.43. The third kappa shape index (κ3) is 2.78. The molecule has 1 heterocycles. The molecule has 0 radical (unpaired) electrons. The highest BCUT2D eigenvalue weighted by Crippen LogP contribution is 2.47. The molecule has 3 nitrogen and oxygen atoms in total. The summed E-state index contributed by atoms with van der Waals surface area (Å²) >= 11 is 0. The van der Waals surface area contributed by atoms with Gasteiger partial charge in [0.25, 0.3) is 0 Å². The number of aromatic nitrogens is 3. The van der Waals surface area contributed by atoms with Gasteiger partial charge in [-0.15, -0.1) is 5.10 Å². The first-order valence-corrected chi connectivity index (χ1v) is 4.88. The summed E-state index contributed by atoms with van der Waals surface area (Å²) in [5.74, 6) is -5.72. The molecular weight excluding hydrogens is 290 g/mol. The average molecular weight is 297 g/mol. The van der Waals surface area contributed by atoms with Crippen LogP contribution in [0.15, 0.2) is 0 Å². The van der Waals surface area contributed by atoms with Crippen LogP contribution in [0.5, 0.6) is 0 Å². The highest BCUT2D eigenvalue weighted by molar-refractivity contribution is 5.21. The predicted octanol–water partition coefficient (Wildman–Crippen LogP) is 3.36. The minimum atomic E-state index is -6.18. The topological polar surface area (TPSA) is 30.7 Å². The number of nitrogens with zero attached hydrogens (tertiary/aromatic N) is 3. The maximum Gasteiger partial charge on any atom is 0.459 e. The molecule has 0 bridgehead atoms. The molecule has 110 valence electrons. The van der Waals surface area contributed by atoms with Crippen LogP contribution in [0, 0.1) is 0 Å². The van der Waals surface area contributed by atoms with Crippen molar-refractivity contribution in [2.24, 2.45) is 0 Å². The van der Waals surface area contributed by atoms with E-state index in [-0.39, 0.29) is 11.1 Å². The molecule has 19 heavy (non-hydrogen) atoms. The summed E-state index contributed by atoms with van der Waals surface area (Å²) in [6.07, 6.45) is -11.5. The van der Waals surface area contributed by atoms with Gasteiger partial charge < -0.3 is 0 Å². The van der Waals surface area contributed by atoms with Crippen molar-refractivity contribution in [3.05, 3.63) is 11.4 Å². The zero-order chi connectivity index (χ0) is 15.1. The minimum absolute atomic E-state index is 0.00498. The lowest BCUT2D eigenvalue weighted by molar-refractivity contribution is -0.292. The molecule has 0 aliphatic rings. The van der Waals surface area contributed by atoms with Gasteiger partial charge in [-0.1, -0.05) is 12.1 Å². The molecule has 1 rings (SSSR count). The molecule has 0 aliphatic heterocycles. The van der Waals surface area contributed by atoms with Gasteiger partial charge in [0.2, 0.25) is 0 Å². The van der Waals surface area contributed by atoms with E-state index in [9.17, 15) is 35.1 Å². The van der Waals surface area contributed by atoms with Crippen LogP contribution in [0.2, 0.25) is 0 Å². The molecule has 0 aromatic carbocycles. The van der Waals surface area contributed by atoms with E-state index in [2.05, 4.69) is 10.3 Å². The molecule has 0 aliphatic carbocycles. The van der Waals surface area contributed by atoms with Gasteiger partial charge in [-0.05, 0) is 6.42 Å². The van der Waals surface area contributed by atoms with E-state index < -0.39 is 36.2 Å². The number of aryl methyl sites for hydroxylation is 1. The van der Waals surface area contributed by atoms with Crippen LogP contribution in [0.3, 0.4) is 0 Å². The van der Waals surface area contributed by atoms with E-state index in [4.69, 9.17) is 0 Å². The fourth-order valence-corrected chi connectivity index (χ4v) is 1.31. The number of hydrogen-bond acceptors (Lipinski definition) is 2. The quantitative estimate of drug-likeness (QED) is 0.801. The van der Waals surface area contributed by atoms with Crippen molar-refractivity contribution in [2.45, 2.75) is 38.2 Å². The van der Waals surface area contributed by atoms with Crippen molar-refractivity contribution < 1.29 is 35.1 Å². The highest BCUT2D eigenvalue weighted by atomic mass is 19.4. The van der Waals surface area contributed by atoms with Gasteiger partial charge in [0.15, 0.2) is 11.4 Å². The van der Waals surface area contributed by atoms with Crippen LogP contribution in [0.25, 0.3) is 0 Å². The lowest BCUT2D eigenvalue weighted by atomic mass is 10.1. The molecule has 0 saturated heterocycles. The van der Waals surface area contributed by atoms with E-state index in [1.54, 1.807) is 0 Å². The molecule has 0 unspecified atom stereocenters. The number of rotatable bonds is 3. The summed E-state index contributed by atoms with van der Waals surface area (Å²) in [4.78, 5) is 0. The highest BCUT2D eigenvalue weighted by Gasteiger charge is 2.64. The van der Waals surface area contributed by atoms with Gasteiger partial charge in [-0.2, -0.15) is 35.1 Å². The van der Waals surface area contributed by atoms with Gasteiger partial charge in [0.1, 0.15) is 0 Å². The Morgan fingerprint density at radius 2 is 1.53 bits per heavy atom. The lowest BCUT2D eigenvalue weighted by Gasteiger charge is -2.19. The number of alkyl halides is 8. The fraction of sp³-hybridized carbons (Fsp3) is 0.750. The molecule has 1 aromatic heterocycles. The average Bonchev–Trinajstić information content (AvgIpc) is 2.60. The molecule has 0 N–H and O–H groups in total. The fourth-order valence-electron chi connectivity index (χ4n) is 1.31. The van der Waals surface area contributed by atoms with Gasteiger partial charge in [-0.25, -0.2) is 4.68 Å². The number of halogens is 8. The van der Waals surface area contributed by atoms with Crippen LogP contribution >= 0.6 is 0 Å². The maximum absolute atomic E-state index is 13.0. The monoisotopic (exact) mass is 297 g/mol. The maximum atomic E-state index is 13.0. The van der Waals surface area contributed by atoms with Crippen molar-refractivity contribution in [3.8, 4) is 0 Å². The predicted molar refractivity (Wildman–Crippen MR) is 45.3 cm³/mol. The molecule has 0 atom stereocenters. The molecule has 0 saturated carbocycles. The van der Waals surface area contributed by atoms with Crippen LogP contribution in [0.4, 0.5) is 35.1 Å². The second kappa shape index (κ2) is 4.60. The zero-order valence-corrected chi connectivity index (χ0v) is 9.28. The summed E-state index contributed by atoms with van der Waals surface area (Å²) in [5.41, 5.74) is -4.61. The van der Waals surface area contributed by atoms with Gasteiger partial charge in [0.05, 0.1) is 0 Å². The SMILES string of the molecule is CCCn1nnc(C(F)(F)C(F)(F)F)c1C(F)(F)F. The van der Waals surface area contributed by atoms with E-state index in [0.717, 1.165) is 0 Å². The van der Waals surface area contributed by atoms with Crippen LogP contribution < -0.4 is 0 Å². The molecular formula is C8H7F8N3. The van der Waals surface area contributed by atoms with Gasteiger partial charge in [-0.3, -0.25) is 0 Å². The Bertz CT molecular complexity index is 444. The summed E-state index contributed by atoms with van der Waals surface area (Å²) in [6, 6.07) is 0. The van der Waals surface area contributed by atoms with E-state index in [1.807, 2.05) is 0 Å². The van der Waals surface area contributed by atoms with Crippen molar-refractivity contribution in [3.63, 3.8) is 0 Å². The number of hydrogen-bond donors (Lipinski definition) is 0. The molecule has 0 spiro atoms.